The SMILES string of the molecule is O=C(C1CC(=O)N(c2cccc3ccccc23)C1)N1CCC2CCC(C1)N2. The topological polar surface area (TPSA) is 52.7 Å². The van der Waals surface area contributed by atoms with Gasteiger partial charge in [0, 0.05) is 43.5 Å². The smallest absolute Gasteiger partial charge is 0.228 e. The van der Waals surface area contributed by atoms with Gasteiger partial charge >= 0.3 is 0 Å². The van der Waals surface area contributed by atoms with Crippen LogP contribution in [0.1, 0.15) is 25.7 Å². The molecule has 3 aliphatic heterocycles. The monoisotopic (exact) mass is 363 g/mol. The van der Waals surface area contributed by atoms with Crippen molar-refractivity contribution in [2.75, 3.05) is 24.5 Å². The molecule has 0 radical (unpaired) electrons. The molecule has 3 atom stereocenters. The number of nitrogens with one attached hydrogen (secondary N) is 1. The van der Waals surface area contributed by atoms with Crippen LogP contribution in [0.25, 0.3) is 10.8 Å². The van der Waals surface area contributed by atoms with Crippen molar-refractivity contribution in [3.63, 3.8) is 0 Å². The van der Waals surface area contributed by atoms with E-state index in [0.717, 1.165) is 42.4 Å². The first-order valence-electron chi connectivity index (χ1n) is 10.0. The molecule has 0 aromatic heterocycles. The second-order valence-electron chi connectivity index (χ2n) is 8.11. The molecule has 1 N–H and O–H groups in total. The fourth-order valence-electron chi connectivity index (χ4n) is 4.95. The maximum Gasteiger partial charge on any atom is 0.228 e. The maximum absolute atomic E-state index is 13.1. The number of hydrogen-bond donors (Lipinski definition) is 1. The van der Waals surface area contributed by atoms with Gasteiger partial charge in [-0.25, -0.2) is 0 Å². The number of hydrogen-bond acceptors (Lipinski definition) is 3. The van der Waals surface area contributed by atoms with Crippen LogP contribution in [-0.4, -0.2) is 48.4 Å². The second-order valence-corrected chi connectivity index (χ2v) is 8.11. The van der Waals surface area contributed by atoms with E-state index in [1.165, 1.54) is 6.42 Å². The van der Waals surface area contributed by atoms with Crippen LogP contribution in [-0.2, 0) is 9.59 Å². The van der Waals surface area contributed by atoms with Crippen molar-refractivity contribution in [3.05, 3.63) is 42.5 Å². The summed E-state index contributed by atoms with van der Waals surface area (Å²) in [4.78, 5) is 29.7. The summed E-state index contributed by atoms with van der Waals surface area (Å²) in [6.07, 6.45) is 3.72. The van der Waals surface area contributed by atoms with Crippen molar-refractivity contribution < 1.29 is 9.59 Å². The molecule has 5 nitrogen and oxygen atoms in total. The van der Waals surface area contributed by atoms with Gasteiger partial charge in [0.05, 0.1) is 11.6 Å². The lowest BCUT2D eigenvalue weighted by Gasteiger charge is -2.27. The van der Waals surface area contributed by atoms with Crippen LogP contribution in [0.15, 0.2) is 42.5 Å². The molecule has 3 aliphatic rings. The molecule has 5 rings (SSSR count). The van der Waals surface area contributed by atoms with Gasteiger partial charge in [0.25, 0.3) is 0 Å². The minimum Gasteiger partial charge on any atom is -0.341 e. The molecule has 3 heterocycles. The zero-order chi connectivity index (χ0) is 18.4. The first kappa shape index (κ1) is 16.8. The molecule has 2 bridgehead atoms. The van der Waals surface area contributed by atoms with Crippen LogP contribution in [0.3, 0.4) is 0 Å². The van der Waals surface area contributed by atoms with Crippen molar-refractivity contribution in [1.82, 2.24) is 10.2 Å². The normalized spacial score (nSPS) is 28.0. The van der Waals surface area contributed by atoms with Crippen LogP contribution in [0.5, 0.6) is 0 Å². The highest BCUT2D eigenvalue weighted by molar-refractivity contribution is 6.07. The predicted molar refractivity (Wildman–Crippen MR) is 106 cm³/mol. The number of amides is 2. The van der Waals surface area contributed by atoms with Gasteiger partial charge in [-0.05, 0) is 30.7 Å². The van der Waals surface area contributed by atoms with Crippen molar-refractivity contribution in [1.29, 1.82) is 0 Å². The Morgan fingerprint density at radius 1 is 0.963 bits per heavy atom. The number of rotatable bonds is 2. The van der Waals surface area contributed by atoms with E-state index >= 15 is 0 Å². The van der Waals surface area contributed by atoms with Crippen LogP contribution in [0, 0.1) is 5.92 Å². The molecule has 2 aromatic rings. The third kappa shape index (κ3) is 3.00. The molecule has 3 unspecified atom stereocenters. The lowest BCUT2D eigenvalue weighted by Crippen LogP contribution is -2.42. The molecule has 2 aromatic carbocycles. The zero-order valence-corrected chi connectivity index (χ0v) is 15.4. The number of likely N-dealkylation sites (tertiary alicyclic amines) is 1. The van der Waals surface area contributed by atoms with Crippen molar-refractivity contribution in [2.45, 2.75) is 37.8 Å². The molecule has 5 heteroatoms. The number of benzene rings is 2. The van der Waals surface area contributed by atoms with E-state index in [4.69, 9.17) is 0 Å². The first-order valence-corrected chi connectivity index (χ1v) is 10.0. The molecule has 27 heavy (non-hydrogen) atoms. The summed E-state index contributed by atoms with van der Waals surface area (Å²) >= 11 is 0. The van der Waals surface area contributed by atoms with Gasteiger partial charge in [-0.3, -0.25) is 9.59 Å². The minimum atomic E-state index is -0.229. The van der Waals surface area contributed by atoms with E-state index in [0.29, 0.717) is 25.0 Å². The number of fused-ring (bicyclic) bond motifs is 3. The second kappa shape index (κ2) is 6.64. The third-order valence-corrected chi connectivity index (χ3v) is 6.37. The molecule has 0 saturated carbocycles. The molecule has 3 fully saturated rings. The average Bonchev–Trinajstić information content (AvgIpc) is 3.22. The maximum atomic E-state index is 13.1. The molecule has 0 spiro atoms. The highest BCUT2D eigenvalue weighted by atomic mass is 16.2. The van der Waals surface area contributed by atoms with Crippen LogP contribution < -0.4 is 10.2 Å². The Kier molecular flexibility index (Phi) is 4.12. The van der Waals surface area contributed by atoms with E-state index in [1.807, 2.05) is 40.1 Å². The summed E-state index contributed by atoms with van der Waals surface area (Å²) in [6, 6.07) is 15.1. The van der Waals surface area contributed by atoms with Crippen molar-refractivity contribution in [2.24, 2.45) is 5.92 Å². The van der Waals surface area contributed by atoms with Gasteiger partial charge in [-0.1, -0.05) is 36.4 Å². The van der Waals surface area contributed by atoms with Gasteiger partial charge in [0.15, 0.2) is 0 Å². The van der Waals surface area contributed by atoms with Crippen LogP contribution in [0.4, 0.5) is 5.69 Å². The molecule has 140 valence electrons. The van der Waals surface area contributed by atoms with E-state index < -0.39 is 0 Å². The summed E-state index contributed by atoms with van der Waals surface area (Å²) < 4.78 is 0. The van der Waals surface area contributed by atoms with E-state index in [-0.39, 0.29) is 17.7 Å². The van der Waals surface area contributed by atoms with E-state index in [2.05, 4.69) is 17.4 Å². The average molecular weight is 363 g/mol. The summed E-state index contributed by atoms with van der Waals surface area (Å²) in [5, 5.41) is 5.81. The largest absolute Gasteiger partial charge is 0.341 e. The zero-order valence-electron chi connectivity index (χ0n) is 15.4. The standard InChI is InChI=1S/C22H25N3O2/c26-21-12-16(22(27)24-11-10-17-8-9-18(14-24)23-17)13-25(21)20-7-3-5-15-4-1-2-6-19(15)20/h1-7,16-18,23H,8-14H2. The van der Waals surface area contributed by atoms with Gasteiger partial charge in [0.1, 0.15) is 0 Å². The Bertz CT molecular complexity index is 891. The lowest BCUT2D eigenvalue weighted by atomic mass is 10.0. The highest BCUT2D eigenvalue weighted by Gasteiger charge is 2.39. The first-order chi connectivity index (χ1) is 13.2. The Hall–Kier alpha value is -2.40. The molecule has 2 amide bonds. The fraction of sp³-hybridized carbons (Fsp3) is 0.455. The van der Waals surface area contributed by atoms with Crippen molar-refractivity contribution >= 4 is 28.3 Å². The Morgan fingerprint density at radius 3 is 2.70 bits per heavy atom. The quantitative estimate of drug-likeness (QED) is 0.892. The Labute approximate surface area is 159 Å². The molecular weight excluding hydrogens is 338 g/mol. The van der Waals surface area contributed by atoms with E-state index in [1.54, 1.807) is 0 Å². The summed E-state index contributed by atoms with van der Waals surface area (Å²) in [7, 11) is 0. The predicted octanol–water partition coefficient (Wildman–Crippen LogP) is 2.55. The lowest BCUT2D eigenvalue weighted by molar-refractivity contribution is -0.136. The number of carbonyl (C=O) groups excluding carboxylic acids is 2. The molecular formula is C22H25N3O2. The summed E-state index contributed by atoms with van der Waals surface area (Å²) in [5.74, 6) is -0.0206. The fourth-order valence-corrected chi connectivity index (χ4v) is 4.95. The Morgan fingerprint density at radius 2 is 1.78 bits per heavy atom. The van der Waals surface area contributed by atoms with E-state index in [9.17, 15) is 9.59 Å². The number of nitrogens with zero attached hydrogens (tertiary/aromatic N) is 2. The van der Waals surface area contributed by atoms with Gasteiger partial charge < -0.3 is 15.1 Å². The van der Waals surface area contributed by atoms with Gasteiger partial charge in [-0.2, -0.15) is 0 Å². The number of carbonyl (C=O) groups is 2. The molecule has 0 aliphatic carbocycles. The molecule has 3 saturated heterocycles. The third-order valence-electron chi connectivity index (χ3n) is 6.37. The number of anilines is 1. The summed E-state index contributed by atoms with van der Waals surface area (Å²) in [5.41, 5.74) is 0.921. The Balaban J connectivity index is 1.36. The van der Waals surface area contributed by atoms with Crippen LogP contribution in [0.2, 0.25) is 0 Å². The summed E-state index contributed by atoms with van der Waals surface area (Å²) in [6.45, 7) is 2.09. The van der Waals surface area contributed by atoms with Gasteiger partial charge in [-0.15, -0.1) is 0 Å². The van der Waals surface area contributed by atoms with Gasteiger partial charge in [0.2, 0.25) is 11.8 Å². The highest BCUT2D eigenvalue weighted by Crippen LogP contribution is 2.32. The van der Waals surface area contributed by atoms with Crippen LogP contribution >= 0.6 is 0 Å². The minimum absolute atomic E-state index is 0.0548. The van der Waals surface area contributed by atoms with Crippen molar-refractivity contribution in [3.8, 4) is 0 Å².